The highest BCUT2D eigenvalue weighted by molar-refractivity contribution is 7.98. The summed E-state index contributed by atoms with van der Waals surface area (Å²) in [6.07, 6.45) is 3.35. The molecule has 2 N–H and O–H groups in total. The Bertz CT molecular complexity index is 922. The molecule has 7 heteroatoms. The number of carbonyl (C=O) groups excluding carboxylic acids is 2. The molecular formula is C18H15N3O3S. The number of hydrogen-bond acceptors (Lipinski definition) is 5. The van der Waals surface area contributed by atoms with Crippen molar-refractivity contribution in [2.24, 2.45) is 5.73 Å². The first-order valence-corrected chi connectivity index (χ1v) is 8.62. The van der Waals surface area contributed by atoms with Crippen molar-refractivity contribution in [3.05, 3.63) is 72.1 Å². The third-order valence-electron chi connectivity index (χ3n) is 3.46. The molecule has 0 aliphatic rings. The number of ether oxygens (including phenoxy) is 1. The highest BCUT2D eigenvalue weighted by Crippen LogP contribution is 2.23. The van der Waals surface area contributed by atoms with Gasteiger partial charge in [-0.05, 0) is 36.6 Å². The number of esters is 1. The monoisotopic (exact) mass is 353 g/mol. The van der Waals surface area contributed by atoms with Gasteiger partial charge in [-0.3, -0.25) is 9.36 Å². The molecule has 0 aliphatic carbocycles. The van der Waals surface area contributed by atoms with Gasteiger partial charge in [0.05, 0.1) is 6.20 Å². The summed E-state index contributed by atoms with van der Waals surface area (Å²) in [5.74, 6) is -0.914. The Morgan fingerprint density at radius 1 is 1.12 bits per heavy atom. The molecule has 0 bridgehead atoms. The van der Waals surface area contributed by atoms with E-state index in [1.54, 1.807) is 22.8 Å². The average Bonchev–Trinajstić information content (AvgIpc) is 3.07. The zero-order valence-corrected chi connectivity index (χ0v) is 14.2. The number of nitrogens with two attached hydrogens (primary N) is 1. The Hall–Kier alpha value is -3.06. The highest BCUT2D eigenvalue weighted by Gasteiger charge is 2.19. The van der Waals surface area contributed by atoms with Crippen molar-refractivity contribution in [2.45, 2.75) is 5.16 Å². The fourth-order valence-corrected chi connectivity index (χ4v) is 2.87. The maximum atomic E-state index is 12.6. The van der Waals surface area contributed by atoms with Gasteiger partial charge in [-0.1, -0.05) is 36.0 Å². The molecule has 0 atom stereocenters. The molecule has 126 valence electrons. The second kappa shape index (κ2) is 7.23. The molecule has 6 nitrogen and oxygen atoms in total. The number of thioether (sulfide) groups is 1. The molecule has 3 rings (SSSR count). The van der Waals surface area contributed by atoms with Crippen molar-refractivity contribution in [1.82, 2.24) is 9.55 Å². The summed E-state index contributed by atoms with van der Waals surface area (Å²) in [5.41, 5.74) is 6.62. The zero-order chi connectivity index (χ0) is 17.8. The zero-order valence-electron chi connectivity index (χ0n) is 13.4. The summed E-state index contributed by atoms with van der Waals surface area (Å²) in [5, 5.41) is 0.670. The first-order valence-electron chi connectivity index (χ1n) is 7.39. The van der Waals surface area contributed by atoms with Gasteiger partial charge in [0.2, 0.25) is 5.91 Å². The van der Waals surface area contributed by atoms with E-state index >= 15 is 0 Å². The predicted molar refractivity (Wildman–Crippen MR) is 95.3 cm³/mol. The number of amides is 1. The van der Waals surface area contributed by atoms with E-state index < -0.39 is 11.9 Å². The second-order valence-corrected chi connectivity index (χ2v) is 5.86. The summed E-state index contributed by atoms with van der Waals surface area (Å²) < 4.78 is 7.12. The van der Waals surface area contributed by atoms with E-state index in [0.717, 1.165) is 5.69 Å². The predicted octanol–water partition coefficient (Wildman–Crippen LogP) is 2.91. The molecule has 0 radical (unpaired) electrons. The Labute approximate surface area is 148 Å². The van der Waals surface area contributed by atoms with Crippen molar-refractivity contribution in [3.8, 4) is 11.4 Å². The molecule has 0 saturated carbocycles. The Balaban J connectivity index is 1.94. The van der Waals surface area contributed by atoms with Gasteiger partial charge < -0.3 is 10.5 Å². The maximum Gasteiger partial charge on any atom is 0.362 e. The first kappa shape index (κ1) is 16.8. The van der Waals surface area contributed by atoms with Crippen LogP contribution in [0.3, 0.4) is 0 Å². The summed E-state index contributed by atoms with van der Waals surface area (Å²) in [7, 11) is 0. The summed E-state index contributed by atoms with van der Waals surface area (Å²) in [6, 6.07) is 15.6. The van der Waals surface area contributed by atoms with Gasteiger partial charge in [-0.25, -0.2) is 9.78 Å². The van der Waals surface area contributed by atoms with Gasteiger partial charge in [-0.2, -0.15) is 0 Å². The minimum atomic E-state index is -0.586. The Kier molecular flexibility index (Phi) is 4.85. The van der Waals surface area contributed by atoms with Crippen LogP contribution in [0, 0.1) is 0 Å². The fourth-order valence-electron chi connectivity index (χ4n) is 2.32. The third-order valence-corrected chi connectivity index (χ3v) is 4.12. The molecule has 3 aromatic rings. The van der Waals surface area contributed by atoms with E-state index in [4.69, 9.17) is 10.5 Å². The first-order chi connectivity index (χ1) is 12.1. The number of hydrogen-bond donors (Lipinski definition) is 1. The summed E-state index contributed by atoms with van der Waals surface area (Å²) >= 11 is 1.42. The van der Waals surface area contributed by atoms with Crippen LogP contribution in [0.1, 0.15) is 20.8 Å². The van der Waals surface area contributed by atoms with Crippen LogP contribution in [0.4, 0.5) is 0 Å². The summed E-state index contributed by atoms with van der Waals surface area (Å²) in [6.45, 7) is 0. The number of para-hydroxylation sites is 1. The SMILES string of the molecule is CSc1ncc(C(=O)Oc2cccc(C(N)=O)c2)n1-c1ccccc1. The number of primary amides is 1. The number of benzene rings is 2. The minimum absolute atomic E-state index is 0.243. The molecule has 0 unspecified atom stereocenters. The molecule has 0 fully saturated rings. The molecule has 2 aromatic carbocycles. The molecule has 0 saturated heterocycles. The maximum absolute atomic E-state index is 12.6. The number of aromatic nitrogens is 2. The second-order valence-electron chi connectivity index (χ2n) is 5.08. The van der Waals surface area contributed by atoms with E-state index in [1.807, 2.05) is 36.6 Å². The van der Waals surface area contributed by atoms with E-state index in [0.29, 0.717) is 10.9 Å². The van der Waals surface area contributed by atoms with Crippen molar-refractivity contribution < 1.29 is 14.3 Å². The van der Waals surface area contributed by atoms with Crippen LogP contribution < -0.4 is 10.5 Å². The lowest BCUT2D eigenvalue weighted by Crippen LogP contribution is -2.15. The van der Waals surface area contributed by atoms with E-state index in [2.05, 4.69) is 4.98 Å². The van der Waals surface area contributed by atoms with Crippen LogP contribution in [0.15, 0.2) is 66.0 Å². The number of nitrogens with zero attached hydrogens (tertiary/aromatic N) is 2. The van der Waals surface area contributed by atoms with Crippen LogP contribution >= 0.6 is 11.8 Å². The van der Waals surface area contributed by atoms with E-state index in [1.165, 1.54) is 24.0 Å². The molecule has 1 heterocycles. The van der Waals surface area contributed by atoms with E-state index in [9.17, 15) is 9.59 Å². The molecular weight excluding hydrogens is 338 g/mol. The van der Waals surface area contributed by atoms with Crippen LogP contribution in [0.2, 0.25) is 0 Å². The topological polar surface area (TPSA) is 87.2 Å². The van der Waals surface area contributed by atoms with Gasteiger partial charge >= 0.3 is 5.97 Å². The van der Waals surface area contributed by atoms with Gasteiger partial charge in [0.15, 0.2) is 10.9 Å². The standard InChI is InChI=1S/C18H15N3O3S/c1-25-18-20-11-15(21(18)13-7-3-2-4-8-13)17(23)24-14-9-5-6-12(10-14)16(19)22/h2-11H,1H3,(H2,19,22). The van der Waals surface area contributed by atoms with Crippen molar-refractivity contribution in [3.63, 3.8) is 0 Å². The van der Waals surface area contributed by atoms with Crippen LogP contribution in [-0.4, -0.2) is 27.7 Å². The highest BCUT2D eigenvalue weighted by atomic mass is 32.2. The summed E-state index contributed by atoms with van der Waals surface area (Å²) in [4.78, 5) is 28.1. The van der Waals surface area contributed by atoms with Gasteiger partial charge in [0.1, 0.15) is 5.75 Å². The van der Waals surface area contributed by atoms with Gasteiger partial charge in [0, 0.05) is 11.3 Å². The van der Waals surface area contributed by atoms with Crippen LogP contribution in [-0.2, 0) is 0 Å². The quantitative estimate of drug-likeness (QED) is 0.433. The van der Waals surface area contributed by atoms with E-state index in [-0.39, 0.29) is 11.3 Å². The Morgan fingerprint density at radius 3 is 2.56 bits per heavy atom. The molecule has 1 aromatic heterocycles. The number of rotatable bonds is 5. The average molecular weight is 353 g/mol. The van der Waals surface area contributed by atoms with Gasteiger partial charge in [0.25, 0.3) is 0 Å². The lowest BCUT2D eigenvalue weighted by Gasteiger charge is -2.10. The van der Waals surface area contributed by atoms with Crippen molar-refractivity contribution in [1.29, 1.82) is 0 Å². The van der Waals surface area contributed by atoms with Crippen molar-refractivity contribution in [2.75, 3.05) is 6.26 Å². The normalized spacial score (nSPS) is 10.4. The largest absolute Gasteiger partial charge is 0.422 e. The number of carbonyl (C=O) groups is 2. The van der Waals surface area contributed by atoms with Crippen molar-refractivity contribution >= 4 is 23.6 Å². The smallest absolute Gasteiger partial charge is 0.362 e. The molecule has 0 aliphatic heterocycles. The molecule has 0 spiro atoms. The number of imidazole rings is 1. The lowest BCUT2D eigenvalue weighted by molar-refractivity contribution is 0.0724. The molecule has 1 amide bonds. The third kappa shape index (κ3) is 3.56. The molecule has 25 heavy (non-hydrogen) atoms. The lowest BCUT2D eigenvalue weighted by atomic mass is 10.2. The van der Waals surface area contributed by atoms with Crippen LogP contribution in [0.5, 0.6) is 5.75 Å². The van der Waals surface area contributed by atoms with Gasteiger partial charge in [-0.15, -0.1) is 0 Å². The van der Waals surface area contributed by atoms with Crippen LogP contribution in [0.25, 0.3) is 5.69 Å². The fraction of sp³-hybridized carbons (Fsp3) is 0.0556. The Morgan fingerprint density at radius 2 is 1.88 bits per heavy atom. The minimum Gasteiger partial charge on any atom is -0.422 e.